The SMILES string of the molecule is COc1cncc(C(O)c2ccccc2C(F)(F)F)c1. The normalized spacial score (nSPS) is 13.1. The number of aliphatic hydroxyl groups is 1. The lowest BCUT2D eigenvalue weighted by atomic mass is 9.97. The molecule has 0 saturated carbocycles. The molecular formula is C14H12F3NO2. The van der Waals surface area contributed by atoms with E-state index in [-0.39, 0.29) is 11.1 Å². The first-order valence-corrected chi connectivity index (χ1v) is 5.76. The second-order valence-corrected chi connectivity index (χ2v) is 4.15. The van der Waals surface area contributed by atoms with E-state index < -0.39 is 17.8 Å². The third-order valence-corrected chi connectivity index (χ3v) is 2.85. The maximum Gasteiger partial charge on any atom is 0.416 e. The summed E-state index contributed by atoms with van der Waals surface area (Å²) < 4.78 is 43.7. The van der Waals surface area contributed by atoms with Gasteiger partial charge in [0.05, 0.1) is 18.9 Å². The monoisotopic (exact) mass is 283 g/mol. The average molecular weight is 283 g/mol. The van der Waals surface area contributed by atoms with Crippen LogP contribution in [-0.2, 0) is 6.18 Å². The Morgan fingerprint density at radius 2 is 1.90 bits per heavy atom. The van der Waals surface area contributed by atoms with Gasteiger partial charge in [0, 0.05) is 11.8 Å². The molecule has 0 aliphatic rings. The van der Waals surface area contributed by atoms with Crippen molar-refractivity contribution < 1.29 is 23.0 Å². The van der Waals surface area contributed by atoms with Crippen molar-refractivity contribution in [3.63, 3.8) is 0 Å². The first-order chi connectivity index (χ1) is 9.43. The van der Waals surface area contributed by atoms with Crippen molar-refractivity contribution >= 4 is 0 Å². The topological polar surface area (TPSA) is 42.4 Å². The van der Waals surface area contributed by atoms with Gasteiger partial charge in [-0.3, -0.25) is 4.98 Å². The van der Waals surface area contributed by atoms with Crippen LogP contribution >= 0.6 is 0 Å². The van der Waals surface area contributed by atoms with Crippen LogP contribution < -0.4 is 4.74 Å². The van der Waals surface area contributed by atoms with Crippen LogP contribution in [0.5, 0.6) is 5.75 Å². The van der Waals surface area contributed by atoms with Crippen LogP contribution in [0.1, 0.15) is 22.8 Å². The maximum atomic E-state index is 12.9. The molecule has 0 amide bonds. The minimum absolute atomic E-state index is 0.213. The van der Waals surface area contributed by atoms with Gasteiger partial charge in [-0.25, -0.2) is 0 Å². The number of hydrogen-bond acceptors (Lipinski definition) is 3. The number of rotatable bonds is 3. The van der Waals surface area contributed by atoms with Gasteiger partial charge in [0.25, 0.3) is 0 Å². The highest BCUT2D eigenvalue weighted by Gasteiger charge is 2.35. The second kappa shape index (κ2) is 5.50. The maximum absolute atomic E-state index is 12.9. The van der Waals surface area contributed by atoms with Gasteiger partial charge in [-0.2, -0.15) is 13.2 Å². The predicted octanol–water partition coefficient (Wildman–Crippen LogP) is 3.19. The van der Waals surface area contributed by atoms with Gasteiger partial charge in [0.15, 0.2) is 0 Å². The lowest BCUT2D eigenvalue weighted by molar-refractivity contribution is -0.139. The molecule has 1 aromatic heterocycles. The summed E-state index contributed by atoms with van der Waals surface area (Å²) in [4.78, 5) is 3.83. The molecule has 2 rings (SSSR count). The van der Waals surface area contributed by atoms with Gasteiger partial charge in [-0.15, -0.1) is 0 Å². The van der Waals surface area contributed by atoms with Crippen LogP contribution in [0, 0.1) is 0 Å². The van der Waals surface area contributed by atoms with Crippen molar-refractivity contribution in [1.82, 2.24) is 4.98 Å². The Morgan fingerprint density at radius 3 is 2.55 bits per heavy atom. The van der Waals surface area contributed by atoms with Crippen LogP contribution in [-0.4, -0.2) is 17.2 Å². The molecule has 0 bridgehead atoms. The van der Waals surface area contributed by atoms with Gasteiger partial charge in [0.1, 0.15) is 11.9 Å². The van der Waals surface area contributed by atoms with Crippen LogP contribution in [0.3, 0.4) is 0 Å². The van der Waals surface area contributed by atoms with E-state index in [9.17, 15) is 18.3 Å². The Balaban J connectivity index is 2.45. The Morgan fingerprint density at radius 1 is 1.20 bits per heavy atom. The molecule has 0 aliphatic carbocycles. The molecule has 20 heavy (non-hydrogen) atoms. The van der Waals surface area contributed by atoms with Crippen molar-refractivity contribution in [2.24, 2.45) is 0 Å². The zero-order valence-electron chi connectivity index (χ0n) is 10.6. The molecule has 1 atom stereocenters. The fourth-order valence-corrected chi connectivity index (χ4v) is 1.87. The Kier molecular flexibility index (Phi) is 3.94. The number of alkyl halides is 3. The van der Waals surface area contributed by atoms with Crippen LogP contribution in [0.25, 0.3) is 0 Å². The van der Waals surface area contributed by atoms with E-state index in [2.05, 4.69) is 4.98 Å². The summed E-state index contributed by atoms with van der Waals surface area (Å²) in [5, 5.41) is 10.2. The first kappa shape index (κ1) is 14.3. The lowest BCUT2D eigenvalue weighted by Crippen LogP contribution is -2.12. The summed E-state index contributed by atoms with van der Waals surface area (Å²) in [5.74, 6) is 0.367. The number of hydrogen-bond donors (Lipinski definition) is 1. The van der Waals surface area contributed by atoms with Crippen molar-refractivity contribution in [2.75, 3.05) is 7.11 Å². The number of aliphatic hydroxyl groups excluding tert-OH is 1. The highest BCUT2D eigenvalue weighted by Crippen LogP contribution is 2.36. The molecule has 1 aromatic carbocycles. The summed E-state index contributed by atoms with van der Waals surface area (Å²) in [5.41, 5.74) is -0.841. The number of aromatic nitrogens is 1. The molecule has 0 saturated heterocycles. The number of nitrogens with zero attached hydrogens (tertiary/aromatic N) is 1. The second-order valence-electron chi connectivity index (χ2n) is 4.15. The predicted molar refractivity (Wildman–Crippen MR) is 66.3 cm³/mol. The zero-order chi connectivity index (χ0) is 14.8. The standard InChI is InChI=1S/C14H12F3NO2/c1-20-10-6-9(7-18-8-10)13(19)11-4-2-3-5-12(11)14(15,16)17/h2-8,13,19H,1H3. The average Bonchev–Trinajstić information content (AvgIpc) is 2.45. The molecule has 1 N–H and O–H groups in total. The Hall–Kier alpha value is -2.08. The van der Waals surface area contributed by atoms with E-state index in [1.165, 1.54) is 43.8 Å². The third-order valence-electron chi connectivity index (χ3n) is 2.85. The number of benzene rings is 1. The van der Waals surface area contributed by atoms with E-state index >= 15 is 0 Å². The molecule has 1 unspecified atom stereocenters. The molecule has 1 heterocycles. The van der Waals surface area contributed by atoms with Gasteiger partial charge < -0.3 is 9.84 Å². The van der Waals surface area contributed by atoms with Gasteiger partial charge in [-0.05, 0) is 17.7 Å². The third kappa shape index (κ3) is 2.91. The largest absolute Gasteiger partial charge is 0.495 e. The highest BCUT2D eigenvalue weighted by molar-refractivity contribution is 5.38. The van der Waals surface area contributed by atoms with Crippen molar-refractivity contribution in [1.29, 1.82) is 0 Å². The van der Waals surface area contributed by atoms with Crippen LogP contribution in [0.15, 0.2) is 42.7 Å². The van der Waals surface area contributed by atoms with E-state index in [4.69, 9.17) is 4.74 Å². The lowest BCUT2D eigenvalue weighted by Gasteiger charge is -2.17. The number of pyridine rings is 1. The van der Waals surface area contributed by atoms with E-state index in [1.807, 2.05) is 0 Å². The first-order valence-electron chi connectivity index (χ1n) is 5.76. The molecule has 2 aromatic rings. The van der Waals surface area contributed by atoms with Gasteiger partial charge in [-0.1, -0.05) is 18.2 Å². The fraction of sp³-hybridized carbons (Fsp3) is 0.214. The van der Waals surface area contributed by atoms with Gasteiger partial charge >= 0.3 is 6.18 Å². The molecule has 0 radical (unpaired) electrons. The summed E-state index contributed by atoms with van der Waals surface area (Å²) in [6.07, 6.45) is -3.23. The van der Waals surface area contributed by atoms with Gasteiger partial charge in [0.2, 0.25) is 0 Å². The van der Waals surface area contributed by atoms with Crippen molar-refractivity contribution in [2.45, 2.75) is 12.3 Å². The molecule has 3 nitrogen and oxygen atoms in total. The molecule has 0 aliphatic heterocycles. The van der Waals surface area contributed by atoms with Crippen LogP contribution in [0.2, 0.25) is 0 Å². The van der Waals surface area contributed by atoms with Crippen LogP contribution in [0.4, 0.5) is 13.2 Å². The van der Waals surface area contributed by atoms with E-state index in [1.54, 1.807) is 0 Å². The molecule has 0 spiro atoms. The Labute approximate surface area is 113 Å². The molecular weight excluding hydrogens is 271 g/mol. The minimum atomic E-state index is -4.52. The highest BCUT2D eigenvalue weighted by atomic mass is 19.4. The zero-order valence-corrected chi connectivity index (χ0v) is 10.6. The fourth-order valence-electron chi connectivity index (χ4n) is 1.87. The summed E-state index contributed by atoms with van der Waals surface area (Å²) in [6, 6.07) is 6.36. The smallest absolute Gasteiger partial charge is 0.416 e. The van der Waals surface area contributed by atoms with Crippen molar-refractivity contribution in [3.05, 3.63) is 59.4 Å². The number of ether oxygens (including phenoxy) is 1. The molecule has 6 heteroatoms. The Bertz CT molecular complexity index is 599. The minimum Gasteiger partial charge on any atom is -0.495 e. The molecule has 106 valence electrons. The summed E-state index contributed by atoms with van der Waals surface area (Å²) in [7, 11) is 1.41. The van der Waals surface area contributed by atoms with E-state index in [0.29, 0.717) is 5.75 Å². The summed E-state index contributed by atoms with van der Waals surface area (Å²) in [6.45, 7) is 0. The van der Waals surface area contributed by atoms with Crippen molar-refractivity contribution in [3.8, 4) is 5.75 Å². The quantitative estimate of drug-likeness (QED) is 0.940. The number of halogens is 3. The summed E-state index contributed by atoms with van der Waals surface area (Å²) >= 11 is 0. The number of methoxy groups -OCH3 is 1. The molecule has 0 fully saturated rings. The van der Waals surface area contributed by atoms with E-state index in [0.717, 1.165) is 6.07 Å².